The van der Waals surface area contributed by atoms with E-state index in [2.05, 4.69) is 20.1 Å². The van der Waals surface area contributed by atoms with Crippen molar-refractivity contribution < 1.29 is 13.2 Å². The van der Waals surface area contributed by atoms with Gasteiger partial charge in [-0.15, -0.1) is 10.2 Å². The molecule has 2 aliphatic heterocycles. The van der Waals surface area contributed by atoms with Crippen LogP contribution in [-0.4, -0.2) is 65.1 Å². The number of sulfone groups is 1. The fourth-order valence-electron chi connectivity index (χ4n) is 4.27. The lowest BCUT2D eigenvalue weighted by molar-refractivity contribution is -0.126. The first-order chi connectivity index (χ1) is 14.5. The van der Waals surface area contributed by atoms with Crippen molar-refractivity contribution in [3.63, 3.8) is 0 Å². The van der Waals surface area contributed by atoms with Crippen molar-refractivity contribution in [1.82, 2.24) is 25.0 Å². The van der Waals surface area contributed by atoms with Gasteiger partial charge in [0, 0.05) is 39.0 Å². The Balaban J connectivity index is 1.42. The number of fused-ring (bicyclic) bond motifs is 1. The van der Waals surface area contributed by atoms with Gasteiger partial charge in [0.15, 0.2) is 9.84 Å². The quantitative estimate of drug-likeness (QED) is 0.737. The number of benzene rings is 1. The van der Waals surface area contributed by atoms with E-state index >= 15 is 0 Å². The Kier molecular flexibility index (Phi) is 6.48. The zero-order valence-electron chi connectivity index (χ0n) is 17.2. The highest BCUT2D eigenvalue weighted by molar-refractivity contribution is 7.91. The van der Waals surface area contributed by atoms with E-state index in [1.54, 1.807) is 0 Å². The minimum Gasteiger partial charge on any atom is -0.354 e. The highest BCUT2D eigenvalue weighted by atomic mass is 32.2. The summed E-state index contributed by atoms with van der Waals surface area (Å²) in [6.07, 6.45) is 5.10. The highest BCUT2D eigenvalue weighted by Gasteiger charge is 2.32. The summed E-state index contributed by atoms with van der Waals surface area (Å²) in [4.78, 5) is 15.1. The van der Waals surface area contributed by atoms with E-state index in [-0.39, 0.29) is 17.4 Å². The van der Waals surface area contributed by atoms with Crippen LogP contribution in [0.1, 0.15) is 42.5 Å². The van der Waals surface area contributed by atoms with Gasteiger partial charge in [0.1, 0.15) is 17.7 Å². The summed E-state index contributed by atoms with van der Waals surface area (Å²) in [6.45, 7) is 2.16. The number of nitrogens with one attached hydrogen (secondary N) is 1. The third-order valence-corrected chi connectivity index (χ3v) is 7.55. The number of nitrogens with zero attached hydrogens (tertiary/aromatic N) is 4. The van der Waals surface area contributed by atoms with Gasteiger partial charge in [0.05, 0.1) is 11.5 Å². The molecule has 3 heterocycles. The van der Waals surface area contributed by atoms with Crippen LogP contribution >= 0.6 is 0 Å². The van der Waals surface area contributed by atoms with Gasteiger partial charge in [-0.2, -0.15) is 0 Å². The molecular weight excluding hydrogens is 402 g/mol. The van der Waals surface area contributed by atoms with Crippen LogP contribution in [0.3, 0.4) is 0 Å². The summed E-state index contributed by atoms with van der Waals surface area (Å²) in [6, 6.07) is 9.08. The molecule has 1 fully saturated rings. The Morgan fingerprint density at radius 3 is 2.57 bits per heavy atom. The fraction of sp³-hybridized carbons (Fsp3) is 0.571. The number of carbonyl (C=O) groups is 1. The van der Waals surface area contributed by atoms with Crippen LogP contribution < -0.4 is 5.32 Å². The van der Waals surface area contributed by atoms with Crippen molar-refractivity contribution >= 4 is 15.7 Å². The van der Waals surface area contributed by atoms with Crippen LogP contribution in [0.4, 0.5) is 0 Å². The molecule has 0 saturated carbocycles. The van der Waals surface area contributed by atoms with Crippen LogP contribution in [0, 0.1) is 0 Å². The summed E-state index contributed by atoms with van der Waals surface area (Å²) in [5, 5.41) is 11.7. The highest BCUT2D eigenvalue weighted by Crippen LogP contribution is 2.23. The molecule has 30 heavy (non-hydrogen) atoms. The van der Waals surface area contributed by atoms with Gasteiger partial charge in [-0.05, 0) is 18.4 Å². The SMILES string of the molecule is O=C(NCCc1nnc2n1CCCCC2)C(c1ccccc1)N1CCS(=O)(=O)CC1. The second kappa shape index (κ2) is 9.26. The van der Waals surface area contributed by atoms with Crippen molar-refractivity contribution in [1.29, 1.82) is 0 Å². The second-order valence-corrected chi connectivity index (χ2v) is 10.3. The van der Waals surface area contributed by atoms with E-state index in [1.807, 2.05) is 35.2 Å². The lowest BCUT2D eigenvalue weighted by Gasteiger charge is -2.33. The zero-order chi connectivity index (χ0) is 21.0. The summed E-state index contributed by atoms with van der Waals surface area (Å²) in [5.74, 6) is 2.06. The van der Waals surface area contributed by atoms with Gasteiger partial charge < -0.3 is 9.88 Å². The van der Waals surface area contributed by atoms with Crippen LogP contribution in [0.15, 0.2) is 30.3 Å². The molecule has 1 aromatic heterocycles. The van der Waals surface area contributed by atoms with Gasteiger partial charge >= 0.3 is 0 Å². The fourth-order valence-corrected chi connectivity index (χ4v) is 5.50. The van der Waals surface area contributed by atoms with Crippen LogP contribution in [0.5, 0.6) is 0 Å². The smallest absolute Gasteiger partial charge is 0.241 e. The minimum atomic E-state index is -3.01. The van der Waals surface area contributed by atoms with Gasteiger partial charge in [0.2, 0.25) is 5.91 Å². The molecule has 0 radical (unpaired) electrons. The summed E-state index contributed by atoms with van der Waals surface area (Å²) < 4.78 is 25.9. The Labute approximate surface area is 177 Å². The van der Waals surface area contributed by atoms with Crippen molar-refractivity contribution in [2.75, 3.05) is 31.1 Å². The Morgan fingerprint density at radius 2 is 1.80 bits per heavy atom. The molecule has 1 saturated heterocycles. The zero-order valence-corrected chi connectivity index (χ0v) is 18.0. The number of aromatic nitrogens is 3. The predicted molar refractivity (Wildman–Crippen MR) is 114 cm³/mol. The molecular formula is C21H29N5O3S. The molecule has 2 aliphatic rings. The average molecular weight is 432 g/mol. The van der Waals surface area contributed by atoms with E-state index in [9.17, 15) is 13.2 Å². The monoisotopic (exact) mass is 431 g/mol. The van der Waals surface area contributed by atoms with Crippen LogP contribution in [-0.2, 0) is 34.0 Å². The van der Waals surface area contributed by atoms with Gasteiger partial charge in [0.25, 0.3) is 0 Å². The number of hydrogen-bond acceptors (Lipinski definition) is 6. The largest absolute Gasteiger partial charge is 0.354 e. The van der Waals surface area contributed by atoms with Gasteiger partial charge in [-0.1, -0.05) is 36.8 Å². The Bertz CT molecular complexity index is 960. The lowest BCUT2D eigenvalue weighted by atomic mass is 10.0. The van der Waals surface area contributed by atoms with E-state index < -0.39 is 15.9 Å². The standard InChI is InChI=1S/C21H29N5O3S/c27-21(22-11-10-19-24-23-18-9-5-2-6-12-26(18)19)20(17-7-3-1-4-8-17)25-13-15-30(28,29)16-14-25/h1,3-4,7-8,20H,2,5-6,9-16H2,(H,22,27). The predicted octanol–water partition coefficient (Wildman–Crippen LogP) is 1.13. The number of hydrogen-bond donors (Lipinski definition) is 1. The Morgan fingerprint density at radius 1 is 1.03 bits per heavy atom. The average Bonchev–Trinajstić information content (AvgIpc) is 2.96. The molecule has 1 N–H and O–H groups in total. The summed E-state index contributed by atoms with van der Waals surface area (Å²) in [7, 11) is -3.01. The van der Waals surface area contributed by atoms with E-state index in [1.165, 1.54) is 6.42 Å². The summed E-state index contributed by atoms with van der Waals surface area (Å²) in [5.41, 5.74) is 0.880. The summed E-state index contributed by atoms with van der Waals surface area (Å²) >= 11 is 0. The maximum absolute atomic E-state index is 13.1. The normalized spacial score (nSPS) is 20.1. The van der Waals surface area contributed by atoms with Crippen molar-refractivity contribution in [3.8, 4) is 0 Å². The van der Waals surface area contributed by atoms with Gasteiger partial charge in [-0.25, -0.2) is 8.42 Å². The van der Waals surface area contributed by atoms with Crippen LogP contribution in [0.2, 0.25) is 0 Å². The molecule has 1 amide bonds. The molecule has 162 valence electrons. The number of carbonyl (C=O) groups excluding carboxylic acids is 1. The van der Waals surface area contributed by atoms with Crippen molar-refractivity contribution in [3.05, 3.63) is 47.5 Å². The molecule has 1 aromatic carbocycles. The van der Waals surface area contributed by atoms with Crippen molar-refractivity contribution in [2.24, 2.45) is 0 Å². The first kappa shape index (κ1) is 21.0. The Hall–Kier alpha value is -2.26. The van der Waals surface area contributed by atoms with Crippen LogP contribution in [0.25, 0.3) is 0 Å². The molecule has 0 aliphatic carbocycles. The van der Waals surface area contributed by atoms with E-state index in [0.29, 0.717) is 26.1 Å². The molecule has 0 spiro atoms. The van der Waals surface area contributed by atoms with E-state index in [0.717, 1.165) is 43.0 Å². The first-order valence-electron chi connectivity index (χ1n) is 10.7. The third kappa shape index (κ3) is 4.89. The number of rotatable bonds is 6. The second-order valence-electron chi connectivity index (χ2n) is 8.04. The maximum Gasteiger partial charge on any atom is 0.241 e. The molecule has 4 rings (SSSR count). The first-order valence-corrected chi connectivity index (χ1v) is 12.5. The third-order valence-electron chi connectivity index (χ3n) is 5.94. The maximum atomic E-state index is 13.1. The molecule has 1 atom stereocenters. The topological polar surface area (TPSA) is 97.2 Å². The lowest BCUT2D eigenvalue weighted by Crippen LogP contribution is -2.47. The molecule has 9 heteroatoms. The van der Waals surface area contributed by atoms with E-state index in [4.69, 9.17) is 0 Å². The van der Waals surface area contributed by atoms with Crippen molar-refractivity contribution in [2.45, 2.75) is 44.7 Å². The van der Waals surface area contributed by atoms with Gasteiger partial charge in [-0.3, -0.25) is 9.69 Å². The molecule has 1 unspecified atom stereocenters. The molecule has 2 aromatic rings. The number of aryl methyl sites for hydroxylation is 1. The minimum absolute atomic E-state index is 0.0928. The molecule has 8 nitrogen and oxygen atoms in total. The number of amides is 1. The molecule has 0 bridgehead atoms.